The van der Waals surface area contributed by atoms with Crippen molar-refractivity contribution in [2.45, 2.75) is 45.8 Å². The van der Waals surface area contributed by atoms with Gasteiger partial charge in [-0.1, -0.05) is 18.2 Å². The Hall–Kier alpha value is -2.99. The molecule has 0 bridgehead atoms. The molecule has 6 nitrogen and oxygen atoms in total. The van der Waals surface area contributed by atoms with E-state index in [1.807, 2.05) is 30.6 Å². The zero-order chi connectivity index (χ0) is 20.2. The van der Waals surface area contributed by atoms with E-state index in [0.717, 1.165) is 48.6 Å². The zero-order valence-electron chi connectivity index (χ0n) is 17.0. The molecule has 6 heteroatoms. The van der Waals surface area contributed by atoms with Crippen molar-refractivity contribution in [3.05, 3.63) is 71.2 Å². The summed E-state index contributed by atoms with van der Waals surface area (Å²) in [4.78, 5) is 18.5. The molecule has 3 heterocycles. The minimum atomic E-state index is 0.145. The van der Waals surface area contributed by atoms with Crippen LogP contribution in [0, 0.1) is 13.8 Å². The van der Waals surface area contributed by atoms with Crippen LogP contribution in [-0.2, 0) is 17.9 Å². The van der Waals surface area contributed by atoms with Gasteiger partial charge in [0.2, 0.25) is 5.91 Å². The lowest BCUT2D eigenvalue weighted by atomic mass is 10.0. The van der Waals surface area contributed by atoms with Crippen LogP contribution in [-0.4, -0.2) is 38.6 Å². The molecule has 1 fully saturated rings. The van der Waals surface area contributed by atoms with Crippen molar-refractivity contribution in [3.8, 4) is 11.3 Å². The maximum absolute atomic E-state index is 11.7. The average Bonchev–Trinajstić information content (AvgIpc) is 3.33. The molecule has 0 radical (unpaired) electrons. The van der Waals surface area contributed by atoms with Crippen molar-refractivity contribution in [2.24, 2.45) is 0 Å². The number of carbonyl (C=O) groups excluding carboxylic acids is 1. The highest BCUT2D eigenvalue weighted by Gasteiger charge is 2.24. The molecule has 3 aromatic rings. The highest BCUT2D eigenvalue weighted by Crippen LogP contribution is 2.25. The van der Waals surface area contributed by atoms with E-state index in [1.54, 1.807) is 0 Å². The molecule has 1 aliphatic rings. The molecule has 1 atom stereocenters. The van der Waals surface area contributed by atoms with Gasteiger partial charge in [0, 0.05) is 49.4 Å². The number of rotatable bonds is 7. The molecular formula is C23H27N5O. The molecule has 29 heavy (non-hydrogen) atoms. The summed E-state index contributed by atoms with van der Waals surface area (Å²) in [6.45, 7) is 6.51. The molecular weight excluding hydrogens is 362 g/mol. The number of H-pyrrole nitrogens is 1. The summed E-state index contributed by atoms with van der Waals surface area (Å²) in [5.74, 6) is 0.145. The maximum atomic E-state index is 11.7. The number of nitrogens with zero attached hydrogens (tertiary/aromatic N) is 3. The third kappa shape index (κ3) is 4.71. The Labute approximate surface area is 171 Å². The predicted octanol–water partition coefficient (Wildman–Crippen LogP) is 3.37. The first-order valence-electron chi connectivity index (χ1n) is 10.1. The van der Waals surface area contributed by atoms with Crippen molar-refractivity contribution < 1.29 is 4.79 Å². The van der Waals surface area contributed by atoms with Gasteiger partial charge in [-0.15, -0.1) is 0 Å². The summed E-state index contributed by atoms with van der Waals surface area (Å²) < 4.78 is 0. The Morgan fingerprint density at radius 2 is 2.03 bits per heavy atom. The SMILES string of the molecule is Cc1ccc(-c2[nH]ncc2CN(Cc2ccccn2)C[C@@H]2CCC(=O)N2)cc1C. The predicted molar refractivity (Wildman–Crippen MR) is 113 cm³/mol. The van der Waals surface area contributed by atoms with E-state index in [0.29, 0.717) is 6.42 Å². The van der Waals surface area contributed by atoms with Crippen molar-refractivity contribution in [2.75, 3.05) is 6.54 Å². The van der Waals surface area contributed by atoms with Gasteiger partial charge in [0.1, 0.15) is 0 Å². The molecule has 0 unspecified atom stereocenters. The fourth-order valence-corrected chi connectivity index (χ4v) is 3.85. The smallest absolute Gasteiger partial charge is 0.220 e. The van der Waals surface area contributed by atoms with E-state index >= 15 is 0 Å². The lowest BCUT2D eigenvalue weighted by Crippen LogP contribution is -2.38. The molecule has 0 aliphatic carbocycles. The molecule has 1 amide bonds. The highest BCUT2D eigenvalue weighted by atomic mass is 16.1. The number of carbonyl (C=O) groups is 1. The van der Waals surface area contributed by atoms with E-state index in [1.165, 1.54) is 11.1 Å². The van der Waals surface area contributed by atoms with Crippen LogP contribution in [0.5, 0.6) is 0 Å². The van der Waals surface area contributed by atoms with Crippen LogP contribution in [0.25, 0.3) is 11.3 Å². The van der Waals surface area contributed by atoms with Gasteiger partial charge in [-0.2, -0.15) is 5.10 Å². The molecule has 4 rings (SSSR count). The average molecular weight is 390 g/mol. The van der Waals surface area contributed by atoms with Crippen molar-refractivity contribution >= 4 is 5.91 Å². The Morgan fingerprint density at radius 3 is 2.76 bits per heavy atom. The lowest BCUT2D eigenvalue weighted by molar-refractivity contribution is -0.119. The Kier molecular flexibility index (Phi) is 5.71. The van der Waals surface area contributed by atoms with Crippen LogP contribution in [0.1, 0.15) is 35.2 Å². The van der Waals surface area contributed by atoms with Gasteiger partial charge < -0.3 is 5.32 Å². The molecule has 150 valence electrons. The zero-order valence-corrected chi connectivity index (χ0v) is 17.0. The second-order valence-electron chi connectivity index (χ2n) is 7.86. The third-order valence-corrected chi connectivity index (χ3v) is 5.58. The number of benzene rings is 1. The second kappa shape index (κ2) is 8.57. The molecule has 1 aliphatic heterocycles. The van der Waals surface area contributed by atoms with Crippen molar-refractivity contribution in [1.82, 2.24) is 25.4 Å². The second-order valence-corrected chi connectivity index (χ2v) is 7.86. The molecule has 1 saturated heterocycles. The van der Waals surface area contributed by atoms with Crippen LogP contribution in [0.2, 0.25) is 0 Å². The highest BCUT2D eigenvalue weighted by molar-refractivity contribution is 5.78. The number of aromatic nitrogens is 3. The first-order chi connectivity index (χ1) is 14.1. The van der Waals surface area contributed by atoms with Crippen LogP contribution in [0.15, 0.2) is 48.8 Å². The number of nitrogens with one attached hydrogen (secondary N) is 2. The van der Waals surface area contributed by atoms with Crippen LogP contribution >= 0.6 is 0 Å². The molecule has 0 spiro atoms. The number of aryl methyl sites for hydroxylation is 2. The van der Waals surface area contributed by atoms with E-state index < -0.39 is 0 Å². The van der Waals surface area contributed by atoms with Gasteiger partial charge in [0.15, 0.2) is 0 Å². The van der Waals surface area contributed by atoms with E-state index in [4.69, 9.17) is 0 Å². The fourth-order valence-electron chi connectivity index (χ4n) is 3.85. The van der Waals surface area contributed by atoms with E-state index in [9.17, 15) is 4.79 Å². The fraction of sp³-hybridized carbons (Fsp3) is 0.348. The Balaban J connectivity index is 1.56. The minimum Gasteiger partial charge on any atom is -0.352 e. The monoisotopic (exact) mass is 389 g/mol. The number of hydrogen-bond acceptors (Lipinski definition) is 4. The van der Waals surface area contributed by atoms with Gasteiger partial charge in [0.25, 0.3) is 0 Å². The standard InChI is InChI=1S/C23H27N5O/c1-16-6-7-18(11-17(16)2)23-19(12-25-27-23)13-28(14-20-5-3-4-10-24-20)15-21-8-9-22(29)26-21/h3-7,10-12,21H,8-9,13-15H2,1-2H3,(H,25,27)(H,26,29)/t21-/m0/s1. The minimum absolute atomic E-state index is 0.145. The maximum Gasteiger partial charge on any atom is 0.220 e. The van der Waals surface area contributed by atoms with Crippen LogP contribution in [0.4, 0.5) is 0 Å². The third-order valence-electron chi connectivity index (χ3n) is 5.58. The number of aromatic amines is 1. The number of hydrogen-bond donors (Lipinski definition) is 2. The van der Waals surface area contributed by atoms with Gasteiger partial charge in [-0.25, -0.2) is 0 Å². The quantitative estimate of drug-likeness (QED) is 0.650. The molecule has 2 N–H and O–H groups in total. The first kappa shape index (κ1) is 19.3. The van der Waals surface area contributed by atoms with Gasteiger partial charge in [-0.05, 0) is 49.6 Å². The summed E-state index contributed by atoms with van der Waals surface area (Å²) >= 11 is 0. The van der Waals surface area contributed by atoms with Crippen molar-refractivity contribution in [3.63, 3.8) is 0 Å². The summed E-state index contributed by atoms with van der Waals surface area (Å²) in [5.41, 5.74) is 6.91. The largest absolute Gasteiger partial charge is 0.352 e. The Bertz CT molecular complexity index is 982. The molecule has 2 aromatic heterocycles. The first-order valence-corrected chi connectivity index (χ1v) is 10.1. The number of pyridine rings is 1. The van der Waals surface area contributed by atoms with Crippen molar-refractivity contribution in [1.29, 1.82) is 0 Å². The summed E-state index contributed by atoms with van der Waals surface area (Å²) in [7, 11) is 0. The molecule has 1 aromatic carbocycles. The summed E-state index contributed by atoms with van der Waals surface area (Å²) in [6.07, 6.45) is 5.22. The van der Waals surface area contributed by atoms with Gasteiger partial charge in [0.05, 0.1) is 17.6 Å². The van der Waals surface area contributed by atoms with Crippen LogP contribution < -0.4 is 5.32 Å². The van der Waals surface area contributed by atoms with Gasteiger partial charge in [-0.3, -0.25) is 19.8 Å². The topological polar surface area (TPSA) is 73.9 Å². The number of amides is 1. The summed E-state index contributed by atoms with van der Waals surface area (Å²) in [6, 6.07) is 12.7. The van der Waals surface area contributed by atoms with E-state index in [-0.39, 0.29) is 11.9 Å². The van der Waals surface area contributed by atoms with E-state index in [2.05, 4.69) is 57.4 Å². The van der Waals surface area contributed by atoms with Crippen LogP contribution in [0.3, 0.4) is 0 Å². The van der Waals surface area contributed by atoms with Gasteiger partial charge >= 0.3 is 0 Å². The Morgan fingerprint density at radius 1 is 1.14 bits per heavy atom. The summed E-state index contributed by atoms with van der Waals surface area (Å²) in [5, 5.41) is 10.6. The molecule has 0 saturated carbocycles. The normalized spacial score (nSPS) is 16.4. The lowest BCUT2D eigenvalue weighted by Gasteiger charge is -2.25.